The van der Waals surface area contributed by atoms with Gasteiger partial charge in [0.1, 0.15) is 0 Å². The molecule has 1 aromatic heterocycles. The van der Waals surface area contributed by atoms with E-state index in [0.717, 1.165) is 24.7 Å². The highest BCUT2D eigenvalue weighted by Gasteiger charge is 2.34. The second-order valence-corrected chi connectivity index (χ2v) is 5.58. The molecule has 1 aliphatic carbocycles. The van der Waals surface area contributed by atoms with Crippen LogP contribution in [0.5, 0.6) is 0 Å². The molecule has 0 radical (unpaired) electrons. The zero-order valence-electron chi connectivity index (χ0n) is 13.1. The van der Waals surface area contributed by atoms with Gasteiger partial charge in [-0.25, -0.2) is 4.99 Å². The van der Waals surface area contributed by atoms with E-state index in [1.165, 1.54) is 25.7 Å². The standard InChI is InChI=1S/C16H26N4.HI/c1-3-16(9-7-10-16)13-20-15(17-4-2)19-12-14-8-5-6-11-18-14;/h5-6,8,11H,3-4,7,9-10,12-13H2,1-2H3,(H2,17,19,20);1H. The van der Waals surface area contributed by atoms with Gasteiger partial charge in [0.05, 0.1) is 12.2 Å². The van der Waals surface area contributed by atoms with Crippen LogP contribution in [-0.2, 0) is 6.54 Å². The van der Waals surface area contributed by atoms with Gasteiger partial charge in [-0.1, -0.05) is 19.4 Å². The molecule has 118 valence electrons. The fraction of sp³-hybridized carbons (Fsp3) is 0.625. The maximum absolute atomic E-state index is 4.61. The van der Waals surface area contributed by atoms with Gasteiger partial charge < -0.3 is 10.6 Å². The van der Waals surface area contributed by atoms with E-state index in [1.54, 1.807) is 0 Å². The van der Waals surface area contributed by atoms with Gasteiger partial charge >= 0.3 is 0 Å². The number of halogens is 1. The van der Waals surface area contributed by atoms with Crippen LogP contribution >= 0.6 is 24.0 Å². The molecule has 1 fully saturated rings. The smallest absolute Gasteiger partial charge is 0.191 e. The Balaban J connectivity index is 0.00000220. The van der Waals surface area contributed by atoms with Crippen LogP contribution in [0.3, 0.4) is 0 Å². The van der Waals surface area contributed by atoms with E-state index >= 15 is 0 Å². The molecule has 1 aromatic rings. The van der Waals surface area contributed by atoms with E-state index < -0.39 is 0 Å². The number of aliphatic imine (C=N–C) groups is 1. The zero-order chi connectivity index (χ0) is 14.3. The number of guanidine groups is 1. The maximum atomic E-state index is 4.61. The topological polar surface area (TPSA) is 49.3 Å². The Morgan fingerprint density at radius 3 is 2.62 bits per heavy atom. The third kappa shape index (κ3) is 5.45. The van der Waals surface area contributed by atoms with Crippen molar-refractivity contribution in [2.24, 2.45) is 10.4 Å². The number of nitrogens with zero attached hydrogens (tertiary/aromatic N) is 2. The molecular weight excluding hydrogens is 375 g/mol. The average Bonchev–Trinajstić information content (AvgIpc) is 2.45. The van der Waals surface area contributed by atoms with Crippen molar-refractivity contribution in [3.63, 3.8) is 0 Å². The molecule has 0 saturated heterocycles. The fourth-order valence-corrected chi connectivity index (χ4v) is 2.60. The molecule has 2 N–H and O–H groups in total. The van der Waals surface area contributed by atoms with Crippen LogP contribution in [-0.4, -0.2) is 24.0 Å². The molecule has 1 saturated carbocycles. The highest BCUT2D eigenvalue weighted by atomic mass is 127. The van der Waals surface area contributed by atoms with Crippen molar-refractivity contribution in [3.8, 4) is 0 Å². The van der Waals surface area contributed by atoms with Gasteiger partial charge in [0.2, 0.25) is 0 Å². The largest absolute Gasteiger partial charge is 0.357 e. The first kappa shape index (κ1) is 18.2. The predicted molar refractivity (Wildman–Crippen MR) is 99.0 cm³/mol. The van der Waals surface area contributed by atoms with E-state index in [0.29, 0.717) is 12.0 Å². The van der Waals surface area contributed by atoms with E-state index in [9.17, 15) is 0 Å². The molecule has 0 bridgehead atoms. The lowest BCUT2D eigenvalue weighted by atomic mass is 9.67. The Kier molecular flexibility index (Phi) is 8.00. The Morgan fingerprint density at radius 2 is 2.10 bits per heavy atom. The Labute approximate surface area is 145 Å². The Hall–Kier alpha value is -0.850. The van der Waals surface area contributed by atoms with Crippen molar-refractivity contribution >= 4 is 29.9 Å². The van der Waals surface area contributed by atoms with E-state index in [2.05, 4.69) is 34.5 Å². The minimum absolute atomic E-state index is 0. The lowest BCUT2D eigenvalue weighted by Gasteiger charge is -2.41. The van der Waals surface area contributed by atoms with Gasteiger partial charge in [-0.2, -0.15) is 0 Å². The molecule has 0 atom stereocenters. The van der Waals surface area contributed by atoms with Crippen LogP contribution in [0, 0.1) is 5.41 Å². The van der Waals surface area contributed by atoms with Gasteiger partial charge in [-0.3, -0.25) is 4.98 Å². The minimum atomic E-state index is 0. The van der Waals surface area contributed by atoms with Crippen molar-refractivity contribution in [3.05, 3.63) is 30.1 Å². The van der Waals surface area contributed by atoms with Crippen LogP contribution < -0.4 is 10.6 Å². The quantitative estimate of drug-likeness (QED) is 0.436. The van der Waals surface area contributed by atoms with Crippen molar-refractivity contribution < 1.29 is 0 Å². The van der Waals surface area contributed by atoms with Crippen molar-refractivity contribution in [1.82, 2.24) is 15.6 Å². The minimum Gasteiger partial charge on any atom is -0.357 e. The Bertz CT molecular complexity index is 424. The molecule has 0 aromatic carbocycles. The number of aromatic nitrogens is 1. The van der Waals surface area contributed by atoms with Gasteiger partial charge in [0.15, 0.2) is 5.96 Å². The molecule has 0 amide bonds. The second-order valence-electron chi connectivity index (χ2n) is 5.58. The lowest BCUT2D eigenvalue weighted by molar-refractivity contribution is 0.131. The first-order chi connectivity index (χ1) is 9.78. The summed E-state index contributed by atoms with van der Waals surface area (Å²) in [5, 5.41) is 6.80. The molecule has 5 heteroatoms. The third-order valence-electron chi connectivity index (χ3n) is 4.26. The van der Waals surface area contributed by atoms with Crippen LogP contribution in [0.2, 0.25) is 0 Å². The number of pyridine rings is 1. The van der Waals surface area contributed by atoms with Crippen molar-refractivity contribution in [2.45, 2.75) is 46.1 Å². The average molecular weight is 402 g/mol. The number of hydrogen-bond acceptors (Lipinski definition) is 2. The lowest BCUT2D eigenvalue weighted by Crippen LogP contribution is -2.46. The molecule has 0 spiro atoms. The molecule has 4 nitrogen and oxygen atoms in total. The number of rotatable bonds is 6. The monoisotopic (exact) mass is 402 g/mol. The van der Waals surface area contributed by atoms with Gasteiger partial charge in [0, 0.05) is 19.3 Å². The molecule has 0 aliphatic heterocycles. The Morgan fingerprint density at radius 1 is 1.29 bits per heavy atom. The molecule has 0 unspecified atom stereocenters. The summed E-state index contributed by atoms with van der Waals surface area (Å²) < 4.78 is 0. The van der Waals surface area contributed by atoms with Crippen LogP contribution in [0.25, 0.3) is 0 Å². The predicted octanol–water partition coefficient (Wildman–Crippen LogP) is 3.34. The zero-order valence-corrected chi connectivity index (χ0v) is 15.4. The highest BCUT2D eigenvalue weighted by Crippen LogP contribution is 2.42. The number of hydrogen-bond donors (Lipinski definition) is 2. The van der Waals surface area contributed by atoms with Crippen molar-refractivity contribution in [1.29, 1.82) is 0 Å². The van der Waals surface area contributed by atoms with Gasteiger partial charge in [-0.05, 0) is 43.7 Å². The maximum Gasteiger partial charge on any atom is 0.191 e. The van der Waals surface area contributed by atoms with E-state index in [-0.39, 0.29) is 24.0 Å². The second kappa shape index (κ2) is 9.23. The van der Waals surface area contributed by atoms with Crippen LogP contribution in [0.4, 0.5) is 0 Å². The summed E-state index contributed by atoms with van der Waals surface area (Å²) in [5.74, 6) is 0.901. The normalized spacial score (nSPS) is 16.6. The molecule has 1 aliphatic rings. The summed E-state index contributed by atoms with van der Waals surface area (Å²) in [6, 6.07) is 5.93. The first-order valence-electron chi connectivity index (χ1n) is 7.70. The summed E-state index contributed by atoms with van der Waals surface area (Å²) in [6.45, 7) is 6.91. The van der Waals surface area contributed by atoms with Gasteiger partial charge in [0.25, 0.3) is 0 Å². The highest BCUT2D eigenvalue weighted by molar-refractivity contribution is 14.0. The van der Waals surface area contributed by atoms with Gasteiger partial charge in [-0.15, -0.1) is 24.0 Å². The third-order valence-corrected chi connectivity index (χ3v) is 4.26. The van der Waals surface area contributed by atoms with E-state index in [4.69, 9.17) is 0 Å². The van der Waals surface area contributed by atoms with Crippen molar-refractivity contribution in [2.75, 3.05) is 13.1 Å². The summed E-state index contributed by atoms with van der Waals surface area (Å²) in [6.07, 6.45) is 7.12. The fourth-order valence-electron chi connectivity index (χ4n) is 2.60. The number of nitrogens with one attached hydrogen (secondary N) is 2. The van der Waals surface area contributed by atoms with E-state index in [1.807, 2.05) is 24.4 Å². The molecule has 1 heterocycles. The SMILES string of the molecule is CCNC(=NCc1ccccn1)NCC1(CC)CCC1.I. The molecule has 2 rings (SSSR count). The summed E-state index contributed by atoms with van der Waals surface area (Å²) >= 11 is 0. The summed E-state index contributed by atoms with van der Waals surface area (Å²) in [5.41, 5.74) is 1.50. The summed E-state index contributed by atoms with van der Waals surface area (Å²) in [7, 11) is 0. The molecule has 21 heavy (non-hydrogen) atoms. The van der Waals surface area contributed by atoms with Crippen LogP contribution in [0.1, 0.15) is 45.2 Å². The first-order valence-corrected chi connectivity index (χ1v) is 7.70. The molecular formula is C16H27IN4. The van der Waals surface area contributed by atoms with Crippen LogP contribution in [0.15, 0.2) is 29.4 Å². The summed E-state index contributed by atoms with van der Waals surface area (Å²) in [4.78, 5) is 8.91.